The van der Waals surface area contributed by atoms with Crippen molar-refractivity contribution in [2.75, 3.05) is 13.7 Å². The Bertz CT molecular complexity index is 321. The number of aryl methyl sites for hydroxylation is 1. The monoisotopic (exact) mass is 195 g/mol. The summed E-state index contributed by atoms with van der Waals surface area (Å²) in [5.41, 5.74) is 7.14. The summed E-state index contributed by atoms with van der Waals surface area (Å²) in [7, 11) is 1.62. The molecule has 3 heteroatoms. The molecular formula is C11H17NO2. The normalized spacial score (nSPS) is 14.9. The molecule has 0 saturated carbocycles. The van der Waals surface area contributed by atoms with Gasteiger partial charge in [-0.1, -0.05) is 12.1 Å². The van der Waals surface area contributed by atoms with E-state index in [1.807, 2.05) is 25.1 Å². The summed E-state index contributed by atoms with van der Waals surface area (Å²) in [5, 5.41) is 9.11. The molecule has 0 fully saturated rings. The molecule has 0 spiro atoms. The maximum Gasteiger partial charge on any atom is 0.122 e. The van der Waals surface area contributed by atoms with Crippen LogP contribution in [0.3, 0.4) is 0 Å². The number of aliphatic hydroxyl groups is 1. The van der Waals surface area contributed by atoms with Gasteiger partial charge in [-0.05, 0) is 31.0 Å². The lowest BCUT2D eigenvalue weighted by Crippen LogP contribution is -2.36. The van der Waals surface area contributed by atoms with Crippen LogP contribution >= 0.6 is 0 Å². The van der Waals surface area contributed by atoms with Crippen molar-refractivity contribution in [1.82, 2.24) is 0 Å². The highest BCUT2D eigenvalue weighted by molar-refractivity contribution is 5.39. The summed E-state index contributed by atoms with van der Waals surface area (Å²) in [5.74, 6) is 0.799. The number of hydrogen-bond donors (Lipinski definition) is 2. The van der Waals surface area contributed by atoms with Crippen molar-refractivity contribution < 1.29 is 9.84 Å². The first kappa shape index (κ1) is 11.0. The maximum atomic E-state index is 9.11. The smallest absolute Gasteiger partial charge is 0.122 e. The first-order valence-corrected chi connectivity index (χ1v) is 4.56. The quantitative estimate of drug-likeness (QED) is 0.761. The van der Waals surface area contributed by atoms with E-state index in [1.54, 1.807) is 14.0 Å². The minimum atomic E-state index is -0.707. The Balaban J connectivity index is 3.12. The average molecular weight is 195 g/mol. The third-order valence-corrected chi connectivity index (χ3v) is 2.40. The number of hydrogen-bond acceptors (Lipinski definition) is 3. The van der Waals surface area contributed by atoms with E-state index in [-0.39, 0.29) is 6.61 Å². The van der Waals surface area contributed by atoms with Crippen molar-refractivity contribution in [3.63, 3.8) is 0 Å². The molecule has 0 aromatic heterocycles. The number of nitrogens with two attached hydrogens (primary N) is 1. The summed E-state index contributed by atoms with van der Waals surface area (Å²) in [4.78, 5) is 0. The first-order chi connectivity index (χ1) is 6.51. The molecule has 3 N–H and O–H groups in total. The summed E-state index contributed by atoms with van der Waals surface area (Å²) >= 11 is 0. The van der Waals surface area contributed by atoms with Crippen molar-refractivity contribution >= 4 is 0 Å². The zero-order chi connectivity index (χ0) is 10.8. The molecule has 1 rings (SSSR count). The van der Waals surface area contributed by atoms with Gasteiger partial charge in [0.2, 0.25) is 0 Å². The van der Waals surface area contributed by atoms with Crippen LogP contribution in [0.1, 0.15) is 18.1 Å². The average Bonchev–Trinajstić information content (AvgIpc) is 2.18. The van der Waals surface area contributed by atoms with E-state index in [1.165, 1.54) is 0 Å². The van der Waals surface area contributed by atoms with Crippen molar-refractivity contribution in [3.05, 3.63) is 29.3 Å². The number of benzene rings is 1. The summed E-state index contributed by atoms with van der Waals surface area (Å²) in [6, 6.07) is 5.72. The number of aliphatic hydroxyl groups excluding tert-OH is 1. The maximum absolute atomic E-state index is 9.11. The fourth-order valence-corrected chi connectivity index (χ4v) is 1.27. The number of ether oxygens (including phenoxy) is 1. The van der Waals surface area contributed by atoms with Crippen molar-refractivity contribution in [1.29, 1.82) is 0 Å². The van der Waals surface area contributed by atoms with Gasteiger partial charge in [0.1, 0.15) is 5.75 Å². The summed E-state index contributed by atoms with van der Waals surface area (Å²) in [6.45, 7) is 3.67. The van der Waals surface area contributed by atoms with E-state index in [4.69, 9.17) is 15.6 Å². The van der Waals surface area contributed by atoms with Crippen molar-refractivity contribution in [3.8, 4) is 5.75 Å². The first-order valence-electron chi connectivity index (χ1n) is 4.56. The van der Waals surface area contributed by atoms with Crippen LogP contribution in [-0.4, -0.2) is 18.8 Å². The number of methoxy groups -OCH3 is 1. The van der Waals surface area contributed by atoms with E-state index in [9.17, 15) is 0 Å². The van der Waals surface area contributed by atoms with E-state index in [0.29, 0.717) is 0 Å². The standard InChI is InChI=1S/C11H17NO2/c1-8-4-5-9(6-10(8)14-3)11(2,12)7-13/h4-6,13H,7,12H2,1-3H3. The topological polar surface area (TPSA) is 55.5 Å². The molecule has 3 nitrogen and oxygen atoms in total. The molecule has 1 aromatic carbocycles. The minimum Gasteiger partial charge on any atom is -0.496 e. The zero-order valence-electron chi connectivity index (χ0n) is 8.87. The van der Waals surface area contributed by atoms with Gasteiger partial charge in [0, 0.05) is 0 Å². The van der Waals surface area contributed by atoms with Crippen molar-refractivity contribution in [2.24, 2.45) is 5.73 Å². The molecule has 0 amide bonds. The molecule has 78 valence electrons. The molecule has 0 heterocycles. The molecule has 0 radical (unpaired) electrons. The predicted octanol–water partition coefficient (Wildman–Crippen LogP) is 1.17. The molecule has 0 bridgehead atoms. The van der Waals surface area contributed by atoms with Gasteiger partial charge in [-0.3, -0.25) is 0 Å². The Morgan fingerprint density at radius 3 is 2.64 bits per heavy atom. The molecule has 0 aliphatic heterocycles. The molecule has 1 unspecified atom stereocenters. The van der Waals surface area contributed by atoms with Crippen LogP contribution in [0.15, 0.2) is 18.2 Å². The van der Waals surface area contributed by atoms with E-state index in [2.05, 4.69) is 0 Å². The third-order valence-electron chi connectivity index (χ3n) is 2.40. The Morgan fingerprint density at radius 2 is 2.14 bits per heavy atom. The van der Waals surface area contributed by atoms with Crippen LogP contribution in [0.5, 0.6) is 5.75 Å². The highest BCUT2D eigenvalue weighted by Crippen LogP contribution is 2.24. The number of rotatable bonds is 3. The molecule has 1 atom stereocenters. The zero-order valence-corrected chi connectivity index (χ0v) is 8.87. The van der Waals surface area contributed by atoms with Crippen molar-refractivity contribution in [2.45, 2.75) is 19.4 Å². The lowest BCUT2D eigenvalue weighted by molar-refractivity contribution is 0.209. The van der Waals surface area contributed by atoms with Gasteiger partial charge in [0.15, 0.2) is 0 Å². The molecule has 0 aliphatic rings. The van der Waals surface area contributed by atoms with E-state index < -0.39 is 5.54 Å². The van der Waals surface area contributed by atoms with Crippen LogP contribution < -0.4 is 10.5 Å². The lowest BCUT2D eigenvalue weighted by Gasteiger charge is -2.23. The van der Waals surface area contributed by atoms with Crippen LogP contribution in [0.25, 0.3) is 0 Å². The molecular weight excluding hydrogens is 178 g/mol. The molecule has 14 heavy (non-hydrogen) atoms. The van der Waals surface area contributed by atoms with Crippen LogP contribution in [-0.2, 0) is 5.54 Å². The fourth-order valence-electron chi connectivity index (χ4n) is 1.27. The Morgan fingerprint density at radius 1 is 1.50 bits per heavy atom. The Labute approximate surface area is 84.5 Å². The van der Waals surface area contributed by atoms with Crippen LogP contribution in [0.4, 0.5) is 0 Å². The summed E-state index contributed by atoms with van der Waals surface area (Å²) in [6.07, 6.45) is 0. The third kappa shape index (κ3) is 2.05. The largest absolute Gasteiger partial charge is 0.496 e. The van der Waals surface area contributed by atoms with Gasteiger partial charge in [-0.2, -0.15) is 0 Å². The van der Waals surface area contributed by atoms with Gasteiger partial charge >= 0.3 is 0 Å². The lowest BCUT2D eigenvalue weighted by atomic mass is 9.93. The Hall–Kier alpha value is -1.06. The highest BCUT2D eigenvalue weighted by Gasteiger charge is 2.20. The SMILES string of the molecule is COc1cc(C(C)(N)CO)ccc1C. The minimum absolute atomic E-state index is 0.0841. The molecule has 0 saturated heterocycles. The van der Waals surface area contributed by atoms with Gasteiger partial charge in [-0.15, -0.1) is 0 Å². The van der Waals surface area contributed by atoms with E-state index in [0.717, 1.165) is 16.9 Å². The Kier molecular flexibility index (Phi) is 3.13. The second-order valence-corrected chi connectivity index (χ2v) is 3.76. The second kappa shape index (κ2) is 3.98. The van der Waals surface area contributed by atoms with Gasteiger partial charge in [-0.25, -0.2) is 0 Å². The van der Waals surface area contributed by atoms with Crippen LogP contribution in [0, 0.1) is 6.92 Å². The van der Waals surface area contributed by atoms with E-state index >= 15 is 0 Å². The van der Waals surface area contributed by atoms with Gasteiger partial charge in [0.05, 0.1) is 19.3 Å². The second-order valence-electron chi connectivity index (χ2n) is 3.76. The van der Waals surface area contributed by atoms with Gasteiger partial charge in [0.25, 0.3) is 0 Å². The van der Waals surface area contributed by atoms with Gasteiger partial charge < -0.3 is 15.6 Å². The highest BCUT2D eigenvalue weighted by atomic mass is 16.5. The summed E-state index contributed by atoms with van der Waals surface area (Å²) < 4.78 is 5.19. The molecule has 1 aromatic rings. The molecule has 0 aliphatic carbocycles. The predicted molar refractivity (Wildman–Crippen MR) is 56.4 cm³/mol. The van der Waals surface area contributed by atoms with Crippen LogP contribution in [0.2, 0.25) is 0 Å². The fraction of sp³-hybridized carbons (Fsp3) is 0.455.